The van der Waals surface area contributed by atoms with Gasteiger partial charge >= 0.3 is 6.18 Å². The summed E-state index contributed by atoms with van der Waals surface area (Å²) in [5.74, 6) is -0.423. The van der Waals surface area contributed by atoms with Gasteiger partial charge in [0.25, 0.3) is 5.91 Å². The zero-order valence-corrected chi connectivity index (χ0v) is 10.0. The molecular formula is C12H14F3NO2. The fraction of sp³-hybridized carbons (Fsp3) is 0.417. The summed E-state index contributed by atoms with van der Waals surface area (Å²) in [7, 11) is 1.50. The Labute approximate surface area is 103 Å². The fourth-order valence-electron chi connectivity index (χ4n) is 1.41. The maximum Gasteiger partial charge on any atom is 0.416 e. The van der Waals surface area contributed by atoms with Gasteiger partial charge < -0.3 is 10.1 Å². The Kier molecular flexibility index (Phi) is 4.72. The molecule has 0 radical (unpaired) electrons. The molecule has 1 aromatic rings. The highest BCUT2D eigenvalue weighted by molar-refractivity contribution is 5.94. The van der Waals surface area contributed by atoms with Crippen molar-refractivity contribution in [2.45, 2.75) is 19.1 Å². The molecule has 0 aromatic heterocycles. The van der Waals surface area contributed by atoms with Crippen LogP contribution in [0.2, 0.25) is 0 Å². The molecule has 1 N–H and O–H groups in total. The average molecular weight is 261 g/mol. The van der Waals surface area contributed by atoms with Crippen molar-refractivity contribution in [2.75, 3.05) is 13.7 Å². The zero-order chi connectivity index (χ0) is 13.8. The number of hydrogen-bond acceptors (Lipinski definition) is 2. The number of ether oxygens (including phenoxy) is 1. The van der Waals surface area contributed by atoms with E-state index in [1.54, 1.807) is 6.92 Å². The number of alkyl halides is 3. The van der Waals surface area contributed by atoms with Crippen LogP contribution < -0.4 is 5.32 Å². The first-order valence-corrected chi connectivity index (χ1v) is 5.31. The zero-order valence-electron chi connectivity index (χ0n) is 10.0. The van der Waals surface area contributed by atoms with Crippen LogP contribution >= 0.6 is 0 Å². The van der Waals surface area contributed by atoms with Gasteiger partial charge in [0.05, 0.1) is 12.2 Å². The van der Waals surface area contributed by atoms with Gasteiger partial charge in [0.1, 0.15) is 0 Å². The summed E-state index contributed by atoms with van der Waals surface area (Å²) in [6.45, 7) is 2.08. The molecule has 6 heteroatoms. The van der Waals surface area contributed by atoms with Gasteiger partial charge in [-0.05, 0) is 31.2 Å². The van der Waals surface area contributed by atoms with Crippen molar-refractivity contribution >= 4 is 5.91 Å². The molecule has 0 unspecified atom stereocenters. The standard InChI is InChI=1S/C12H14F3NO2/c1-8(7-18-2)16-11(17)9-3-5-10(6-4-9)12(13,14)15/h3-6,8H,7H2,1-2H3,(H,16,17)/t8-/m0/s1. The van der Waals surface area contributed by atoms with E-state index in [9.17, 15) is 18.0 Å². The maximum atomic E-state index is 12.3. The lowest BCUT2D eigenvalue weighted by molar-refractivity contribution is -0.137. The summed E-state index contributed by atoms with van der Waals surface area (Å²) in [6, 6.07) is 3.87. The third-order valence-corrected chi connectivity index (χ3v) is 2.27. The minimum absolute atomic E-state index is 0.186. The molecule has 0 bridgehead atoms. The van der Waals surface area contributed by atoms with E-state index in [-0.39, 0.29) is 11.6 Å². The van der Waals surface area contributed by atoms with Crippen LogP contribution in [0.3, 0.4) is 0 Å². The van der Waals surface area contributed by atoms with E-state index in [0.717, 1.165) is 24.3 Å². The third kappa shape index (κ3) is 4.03. The van der Waals surface area contributed by atoms with E-state index in [4.69, 9.17) is 4.74 Å². The van der Waals surface area contributed by atoms with Gasteiger partial charge in [-0.25, -0.2) is 0 Å². The van der Waals surface area contributed by atoms with E-state index in [0.29, 0.717) is 6.61 Å². The number of benzene rings is 1. The molecule has 0 saturated heterocycles. The summed E-state index contributed by atoms with van der Waals surface area (Å²) >= 11 is 0. The van der Waals surface area contributed by atoms with E-state index in [2.05, 4.69) is 5.32 Å². The monoisotopic (exact) mass is 261 g/mol. The minimum Gasteiger partial charge on any atom is -0.383 e. The second-order valence-corrected chi connectivity index (χ2v) is 3.90. The SMILES string of the molecule is COC[C@H](C)NC(=O)c1ccc(C(F)(F)F)cc1. The molecule has 0 heterocycles. The quantitative estimate of drug-likeness (QED) is 0.904. The molecule has 1 amide bonds. The van der Waals surface area contributed by atoms with Gasteiger partial charge in [-0.1, -0.05) is 0 Å². The molecule has 0 aliphatic rings. The lowest BCUT2D eigenvalue weighted by Gasteiger charge is -2.13. The van der Waals surface area contributed by atoms with Gasteiger partial charge in [0.15, 0.2) is 0 Å². The van der Waals surface area contributed by atoms with E-state index < -0.39 is 17.6 Å². The Morgan fingerprint density at radius 2 is 1.89 bits per heavy atom. The van der Waals surface area contributed by atoms with E-state index in [1.165, 1.54) is 7.11 Å². The molecule has 1 aromatic carbocycles. The van der Waals surface area contributed by atoms with Crippen LogP contribution in [0.25, 0.3) is 0 Å². The fourth-order valence-corrected chi connectivity index (χ4v) is 1.41. The molecule has 1 atom stereocenters. The first-order chi connectivity index (χ1) is 8.34. The maximum absolute atomic E-state index is 12.3. The highest BCUT2D eigenvalue weighted by Gasteiger charge is 2.30. The van der Waals surface area contributed by atoms with Crippen molar-refractivity contribution in [3.05, 3.63) is 35.4 Å². The molecule has 0 saturated carbocycles. The van der Waals surface area contributed by atoms with E-state index in [1.807, 2.05) is 0 Å². The summed E-state index contributed by atoms with van der Waals surface area (Å²) in [5.41, 5.74) is -0.588. The summed E-state index contributed by atoms with van der Waals surface area (Å²) < 4.78 is 41.8. The molecular weight excluding hydrogens is 247 g/mol. The van der Waals surface area contributed by atoms with Crippen LogP contribution in [0.15, 0.2) is 24.3 Å². The number of amides is 1. The van der Waals surface area contributed by atoms with Gasteiger partial charge in [-0.15, -0.1) is 0 Å². The summed E-state index contributed by atoms with van der Waals surface area (Å²) in [5, 5.41) is 2.61. The summed E-state index contributed by atoms with van der Waals surface area (Å²) in [4.78, 5) is 11.6. The highest BCUT2D eigenvalue weighted by atomic mass is 19.4. The molecule has 0 aliphatic carbocycles. The molecule has 0 aliphatic heterocycles. The molecule has 0 fully saturated rings. The van der Waals surface area contributed by atoms with Crippen LogP contribution in [0.5, 0.6) is 0 Å². The number of methoxy groups -OCH3 is 1. The molecule has 100 valence electrons. The predicted octanol–water partition coefficient (Wildman–Crippen LogP) is 2.47. The van der Waals surface area contributed by atoms with Crippen LogP contribution in [0.1, 0.15) is 22.8 Å². The van der Waals surface area contributed by atoms with Gasteiger partial charge in [-0.3, -0.25) is 4.79 Å². The Hall–Kier alpha value is -1.56. The number of nitrogens with one attached hydrogen (secondary N) is 1. The van der Waals surface area contributed by atoms with Gasteiger partial charge in [0.2, 0.25) is 0 Å². The Bertz CT molecular complexity index is 401. The van der Waals surface area contributed by atoms with Crippen LogP contribution in [-0.4, -0.2) is 25.7 Å². The second-order valence-electron chi connectivity index (χ2n) is 3.90. The topological polar surface area (TPSA) is 38.3 Å². The first kappa shape index (κ1) is 14.5. The molecule has 18 heavy (non-hydrogen) atoms. The number of halogens is 3. The number of hydrogen-bond donors (Lipinski definition) is 1. The van der Waals surface area contributed by atoms with Crippen LogP contribution in [0.4, 0.5) is 13.2 Å². The average Bonchev–Trinajstić information content (AvgIpc) is 2.28. The Balaban J connectivity index is 2.71. The summed E-state index contributed by atoms with van der Waals surface area (Å²) in [6.07, 6.45) is -4.39. The Morgan fingerprint density at radius 3 is 2.33 bits per heavy atom. The van der Waals surface area contributed by atoms with Crippen molar-refractivity contribution in [3.8, 4) is 0 Å². The van der Waals surface area contributed by atoms with Crippen molar-refractivity contribution in [1.82, 2.24) is 5.32 Å². The molecule has 1 rings (SSSR count). The van der Waals surface area contributed by atoms with Gasteiger partial charge in [0, 0.05) is 18.7 Å². The number of rotatable bonds is 4. The van der Waals surface area contributed by atoms with Crippen molar-refractivity contribution in [2.24, 2.45) is 0 Å². The van der Waals surface area contributed by atoms with Gasteiger partial charge in [-0.2, -0.15) is 13.2 Å². The lowest BCUT2D eigenvalue weighted by atomic mass is 10.1. The lowest BCUT2D eigenvalue weighted by Crippen LogP contribution is -2.35. The predicted molar refractivity (Wildman–Crippen MR) is 60.2 cm³/mol. The van der Waals surface area contributed by atoms with Crippen LogP contribution in [0, 0.1) is 0 Å². The first-order valence-electron chi connectivity index (χ1n) is 5.31. The van der Waals surface area contributed by atoms with Crippen molar-refractivity contribution < 1.29 is 22.7 Å². The second kappa shape index (κ2) is 5.86. The van der Waals surface area contributed by atoms with Crippen LogP contribution in [-0.2, 0) is 10.9 Å². The largest absolute Gasteiger partial charge is 0.416 e. The Morgan fingerprint density at radius 1 is 1.33 bits per heavy atom. The van der Waals surface area contributed by atoms with Crippen molar-refractivity contribution in [1.29, 1.82) is 0 Å². The van der Waals surface area contributed by atoms with E-state index >= 15 is 0 Å². The van der Waals surface area contributed by atoms with Crippen molar-refractivity contribution in [3.63, 3.8) is 0 Å². The minimum atomic E-state index is -4.39. The number of carbonyl (C=O) groups is 1. The number of carbonyl (C=O) groups excluding carboxylic acids is 1. The molecule has 3 nitrogen and oxygen atoms in total. The normalized spacial score (nSPS) is 13.2. The smallest absolute Gasteiger partial charge is 0.383 e. The molecule has 0 spiro atoms. The third-order valence-electron chi connectivity index (χ3n) is 2.27. The highest BCUT2D eigenvalue weighted by Crippen LogP contribution is 2.29.